The number of carbonyl (C=O) groups excluding carboxylic acids is 1. The van der Waals surface area contributed by atoms with E-state index < -0.39 is 35.5 Å². The van der Waals surface area contributed by atoms with Gasteiger partial charge in [0.1, 0.15) is 6.54 Å². The van der Waals surface area contributed by atoms with Crippen molar-refractivity contribution in [3.63, 3.8) is 0 Å². The van der Waals surface area contributed by atoms with Crippen molar-refractivity contribution < 1.29 is 27.9 Å². The van der Waals surface area contributed by atoms with Gasteiger partial charge in [0.25, 0.3) is 0 Å². The smallest absolute Gasteiger partial charge is 0.416 e. The summed E-state index contributed by atoms with van der Waals surface area (Å²) in [5.41, 5.74) is -0.604. The van der Waals surface area contributed by atoms with Crippen LogP contribution in [0.4, 0.5) is 19.0 Å². The molecule has 2 aromatic rings. The molecule has 25 heavy (non-hydrogen) atoms. The molecule has 1 heterocycles. The molecule has 1 aromatic heterocycles. The summed E-state index contributed by atoms with van der Waals surface area (Å²) >= 11 is 0. The summed E-state index contributed by atoms with van der Waals surface area (Å²) in [6, 6.07) is 6.67. The van der Waals surface area contributed by atoms with Gasteiger partial charge in [0.15, 0.2) is 5.82 Å². The number of halogens is 3. The quantitative estimate of drug-likeness (QED) is 0.866. The molecular weight excluding hydrogens is 339 g/mol. The van der Waals surface area contributed by atoms with E-state index in [2.05, 4.69) is 10.4 Å². The van der Waals surface area contributed by atoms with Gasteiger partial charge in [-0.3, -0.25) is 14.3 Å². The Morgan fingerprint density at radius 3 is 2.68 bits per heavy atom. The summed E-state index contributed by atoms with van der Waals surface area (Å²) in [6.07, 6.45) is -2.74. The molecular formula is C16H14F3N3O3. The normalized spacial score (nSPS) is 19.5. The van der Waals surface area contributed by atoms with Crippen LogP contribution in [-0.4, -0.2) is 26.8 Å². The molecule has 0 saturated heterocycles. The third kappa shape index (κ3) is 3.81. The fourth-order valence-corrected chi connectivity index (χ4v) is 2.78. The lowest BCUT2D eigenvalue weighted by atomic mass is 10.0. The summed E-state index contributed by atoms with van der Waals surface area (Å²) < 4.78 is 40.3. The lowest BCUT2D eigenvalue weighted by Gasteiger charge is -2.12. The summed E-state index contributed by atoms with van der Waals surface area (Å²) in [6.45, 7) is -0.346. The van der Waals surface area contributed by atoms with E-state index >= 15 is 0 Å². The highest BCUT2D eigenvalue weighted by Gasteiger charge is 2.47. The topological polar surface area (TPSA) is 84.2 Å². The SMILES string of the molecule is O=C(O)Cn1ccc(NC(=O)[C@H]2C[C@H]2c2ccccc2C(F)(F)F)n1. The van der Waals surface area contributed by atoms with Crippen LogP contribution in [0.2, 0.25) is 0 Å². The van der Waals surface area contributed by atoms with E-state index in [-0.39, 0.29) is 17.9 Å². The first-order valence-electron chi connectivity index (χ1n) is 7.48. The van der Waals surface area contributed by atoms with Crippen LogP contribution in [0.1, 0.15) is 23.5 Å². The second-order valence-electron chi connectivity index (χ2n) is 5.82. The molecule has 1 aliphatic carbocycles. The minimum Gasteiger partial charge on any atom is -0.480 e. The third-order valence-electron chi connectivity index (χ3n) is 3.98. The van der Waals surface area contributed by atoms with Gasteiger partial charge in [-0.1, -0.05) is 18.2 Å². The van der Waals surface area contributed by atoms with Gasteiger partial charge in [-0.2, -0.15) is 18.3 Å². The number of benzene rings is 1. The number of carboxylic acid groups (broad SMARTS) is 1. The van der Waals surface area contributed by atoms with Gasteiger partial charge < -0.3 is 10.4 Å². The number of nitrogens with zero attached hydrogens (tertiary/aromatic N) is 2. The molecule has 2 atom stereocenters. The molecule has 6 nitrogen and oxygen atoms in total. The van der Waals surface area contributed by atoms with Crippen molar-refractivity contribution in [1.82, 2.24) is 9.78 Å². The fraction of sp³-hybridized carbons (Fsp3) is 0.312. The van der Waals surface area contributed by atoms with Gasteiger partial charge in [0.05, 0.1) is 5.56 Å². The number of hydrogen-bond donors (Lipinski definition) is 2. The number of aromatic nitrogens is 2. The van der Waals surface area contributed by atoms with Crippen LogP contribution < -0.4 is 5.32 Å². The van der Waals surface area contributed by atoms with Crippen LogP contribution in [0.25, 0.3) is 0 Å². The Bertz CT molecular complexity index is 816. The lowest BCUT2D eigenvalue weighted by molar-refractivity contribution is -0.139. The number of amides is 1. The second kappa shape index (κ2) is 6.23. The Balaban J connectivity index is 1.67. The zero-order valence-corrected chi connectivity index (χ0v) is 12.8. The molecule has 3 rings (SSSR count). The van der Waals surface area contributed by atoms with Gasteiger partial charge >= 0.3 is 12.1 Å². The highest BCUT2D eigenvalue weighted by molar-refractivity contribution is 5.94. The Morgan fingerprint density at radius 1 is 1.28 bits per heavy atom. The molecule has 1 saturated carbocycles. The van der Waals surface area contributed by atoms with E-state index in [4.69, 9.17) is 5.11 Å². The Kier molecular flexibility index (Phi) is 4.23. The number of carboxylic acids is 1. The minimum absolute atomic E-state index is 0.117. The van der Waals surface area contributed by atoms with Crippen LogP contribution in [0, 0.1) is 5.92 Å². The average Bonchev–Trinajstić information content (AvgIpc) is 3.22. The largest absolute Gasteiger partial charge is 0.480 e. The van der Waals surface area contributed by atoms with Crippen molar-refractivity contribution in [3.8, 4) is 0 Å². The molecule has 1 aliphatic rings. The molecule has 2 N–H and O–H groups in total. The number of rotatable bonds is 5. The Labute approximate surface area is 140 Å². The first kappa shape index (κ1) is 17.0. The highest BCUT2D eigenvalue weighted by Crippen LogP contribution is 2.51. The Morgan fingerprint density at radius 2 is 2.00 bits per heavy atom. The minimum atomic E-state index is -4.46. The monoisotopic (exact) mass is 353 g/mol. The second-order valence-corrected chi connectivity index (χ2v) is 5.82. The molecule has 0 unspecified atom stereocenters. The van der Waals surface area contributed by atoms with Crippen molar-refractivity contribution in [2.45, 2.75) is 25.1 Å². The van der Waals surface area contributed by atoms with Crippen LogP contribution in [0.3, 0.4) is 0 Å². The number of nitrogens with one attached hydrogen (secondary N) is 1. The summed E-state index contributed by atoms with van der Waals surface area (Å²) in [4.78, 5) is 22.8. The zero-order valence-electron chi connectivity index (χ0n) is 12.8. The van der Waals surface area contributed by atoms with E-state index in [0.717, 1.165) is 10.7 Å². The molecule has 1 aromatic carbocycles. The molecule has 1 amide bonds. The number of anilines is 1. The number of alkyl halides is 3. The fourth-order valence-electron chi connectivity index (χ4n) is 2.78. The maximum atomic E-state index is 13.1. The first-order chi connectivity index (χ1) is 11.8. The number of aliphatic carboxylic acids is 1. The number of carbonyl (C=O) groups is 2. The maximum absolute atomic E-state index is 13.1. The molecule has 0 spiro atoms. The van der Waals surface area contributed by atoms with E-state index in [0.29, 0.717) is 6.42 Å². The van der Waals surface area contributed by atoms with Gasteiger partial charge in [0, 0.05) is 18.2 Å². The van der Waals surface area contributed by atoms with Gasteiger partial charge in [0.2, 0.25) is 5.91 Å². The zero-order chi connectivity index (χ0) is 18.2. The third-order valence-corrected chi connectivity index (χ3v) is 3.98. The first-order valence-corrected chi connectivity index (χ1v) is 7.48. The highest BCUT2D eigenvalue weighted by atomic mass is 19.4. The van der Waals surface area contributed by atoms with Crippen molar-refractivity contribution >= 4 is 17.7 Å². The predicted octanol–water partition coefficient (Wildman–Crippen LogP) is 2.73. The van der Waals surface area contributed by atoms with Gasteiger partial charge in [-0.05, 0) is 24.0 Å². The molecule has 0 bridgehead atoms. The summed E-state index contributed by atoms with van der Waals surface area (Å²) in [5.74, 6) is -2.39. The Hall–Kier alpha value is -2.84. The van der Waals surface area contributed by atoms with Gasteiger partial charge in [-0.25, -0.2) is 0 Å². The van der Waals surface area contributed by atoms with Crippen LogP contribution in [0.15, 0.2) is 36.5 Å². The molecule has 0 radical (unpaired) electrons. The van der Waals surface area contributed by atoms with Crippen LogP contribution in [-0.2, 0) is 22.3 Å². The standard InChI is InChI=1S/C16H14F3N3O3/c17-16(18,19)12-4-2-1-3-9(12)10-7-11(10)15(25)20-13-5-6-22(21-13)8-14(23)24/h1-6,10-11H,7-8H2,(H,23,24)(H,20,21,25)/t10-,11-/m0/s1. The van der Waals surface area contributed by atoms with E-state index in [1.807, 2.05) is 0 Å². The summed E-state index contributed by atoms with van der Waals surface area (Å²) in [7, 11) is 0. The van der Waals surface area contributed by atoms with E-state index in [9.17, 15) is 22.8 Å². The molecule has 1 fully saturated rings. The number of hydrogen-bond acceptors (Lipinski definition) is 3. The molecule has 0 aliphatic heterocycles. The van der Waals surface area contributed by atoms with E-state index in [1.54, 1.807) is 0 Å². The van der Waals surface area contributed by atoms with Crippen LogP contribution in [0.5, 0.6) is 0 Å². The molecule has 9 heteroatoms. The molecule has 132 valence electrons. The summed E-state index contributed by atoms with van der Waals surface area (Å²) in [5, 5.41) is 15.1. The van der Waals surface area contributed by atoms with Crippen LogP contribution >= 0.6 is 0 Å². The van der Waals surface area contributed by atoms with E-state index in [1.165, 1.54) is 30.5 Å². The van der Waals surface area contributed by atoms with Crippen molar-refractivity contribution in [2.24, 2.45) is 5.92 Å². The van der Waals surface area contributed by atoms with Crippen molar-refractivity contribution in [1.29, 1.82) is 0 Å². The van der Waals surface area contributed by atoms with Crippen molar-refractivity contribution in [3.05, 3.63) is 47.7 Å². The average molecular weight is 353 g/mol. The van der Waals surface area contributed by atoms with Gasteiger partial charge in [-0.15, -0.1) is 0 Å². The predicted molar refractivity (Wildman–Crippen MR) is 80.8 cm³/mol. The van der Waals surface area contributed by atoms with Crippen molar-refractivity contribution in [2.75, 3.05) is 5.32 Å². The lowest BCUT2D eigenvalue weighted by Crippen LogP contribution is -2.16. The maximum Gasteiger partial charge on any atom is 0.416 e.